The lowest BCUT2D eigenvalue weighted by atomic mass is 10.1. The van der Waals surface area contributed by atoms with E-state index in [1.807, 2.05) is 30.3 Å². The van der Waals surface area contributed by atoms with Gasteiger partial charge in [0, 0.05) is 6.54 Å². The molecule has 2 aromatic carbocycles. The summed E-state index contributed by atoms with van der Waals surface area (Å²) < 4.78 is 29.7. The summed E-state index contributed by atoms with van der Waals surface area (Å²) in [7, 11) is -2.25. The molecule has 2 rings (SSSR count). The van der Waals surface area contributed by atoms with Crippen molar-refractivity contribution in [2.24, 2.45) is 5.10 Å². The Kier molecular flexibility index (Phi) is 8.05. The van der Waals surface area contributed by atoms with Gasteiger partial charge in [-0.05, 0) is 29.7 Å². The molecule has 0 aliphatic rings. The molecule has 0 heterocycles. The molecule has 0 aromatic heterocycles. The van der Waals surface area contributed by atoms with E-state index in [9.17, 15) is 18.0 Å². The SMILES string of the molecule is COC(=O)c1ccc(/C=N/NC(=O)CN(CCc2ccccc2)S(C)(=O)=O)cc1. The van der Waals surface area contributed by atoms with Crippen LogP contribution in [0.3, 0.4) is 0 Å². The number of sulfonamides is 1. The highest BCUT2D eigenvalue weighted by atomic mass is 32.2. The number of nitrogens with one attached hydrogen (secondary N) is 1. The van der Waals surface area contributed by atoms with Crippen LogP contribution in [0.4, 0.5) is 0 Å². The van der Waals surface area contributed by atoms with Gasteiger partial charge in [-0.1, -0.05) is 42.5 Å². The standard InChI is InChI=1S/C20H23N3O5S/c1-28-20(25)18-10-8-17(9-11-18)14-21-22-19(24)15-23(29(2,26)27)13-12-16-6-4-3-5-7-16/h3-11,14H,12-13,15H2,1-2H3,(H,22,24)/b21-14+. The van der Waals surface area contributed by atoms with Crippen molar-refractivity contribution in [3.8, 4) is 0 Å². The second-order valence-corrected chi connectivity index (χ2v) is 8.22. The van der Waals surface area contributed by atoms with Crippen molar-refractivity contribution in [1.82, 2.24) is 9.73 Å². The molecule has 8 nitrogen and oxygen atoms in total. The maximum absolute atomic E-state index is 12.1. The van der Waals surface area contributed by atoms with Gasteiger partial charge in [0.1, 0.15) is 0 Å². The van der Waals surface area contributed by atoms with Crippen molar-refractivity contribution < 1.29 is 22.7 Å². The average Bonchev–Trinajstić information content (AvgIpc) is 2.71. The Bertz CT molecular complexity index is 957. The van der Waals surface area contributed by atoms with E-state index in [1.54, 1.807) is 24.3 Å². The number of esters is 1. The summed E-state index contributed by atoms with van der Waals surface area (Å²) in [5.74, 6) is -0.996. The van der Waals surface area contributed by atoms with Gasteiger partial charge in [-0.25, -0.2) is 18.6 Å². The third kappa shape index (κ3) is 7.47. The van der Waals surface area contributed by atoms with E-state index in [2.05, 4.69) is 15.3 Å². The van der Waals surface area contributed by atoms with Crippen LogP contribution >= 0.6 is 0 Å². The molecule has 0 aliphatic heterocycles. The van der Waals surface area contributed by atoms with Crippen LogP contribution in [-0.4, -0.2) is 57.3 Å². The monoisotopic (exact) mass is 417 g/mol. The molecule has 29 heavy (non-hydrogen) atoms. The van der Waals surface area contributed by atoms with Gasteiger partial charge in [0.25, 0.3) is 5.91 Å². The van der Waals surface area contributed by atoms with Gasteiger partial charge in [0.2, 0.25) is 10.0 Å². The smallest absolute Gasteiger partial charge is 0.337 e. The molecule has 0 aliphatic carbocycles. The van der Waals surface area contributed by atoms with E-state index in [-0.39, 0.29) is 13.1 Å². The topological polar surface area (TPSA) is 105 Å². The van der Waals surface area contributed by atoms with E-state index < -0.39 is 21.9 Å². The van der Waals surface area contributed by atoms with Gasteiger partial charge in [-0.3, -0.25) is 4.79 Å². The second kappa shape index (κ2) is 10.5. The number of carbonyl (C=O) groups is 2. The van der Waals surface area contributed by atoms with Crippen molar-refractivity contribution in [2.75, 3.05) is 26.5 Å². The predicted molar refractivity (Wildman–Crippen MR) is 110 cm³/mol. The molecule has 2 aromatic rings. The molecule has 154 valence electrons. The molecule has 0 radical (unpaired) electrons. The summed E-state index contributed by atoms with van der Waals surface area (Å²) in [6.45, 7) is -0.140. The Labute approximate surface area is 170 Å². The molecule has 1 N–H and O–H groups in total. The highest BCUT2D eigenvalue weighted by molar-refractivity contribution is 7.88. The average molecular weight is 417 g/mol. The van der Waals surface area contributed by atoms with Crippen LogP contribution < -0.4 is 5.43 Å². The van der Waals surface area contributed by atoms with Gasteiger partial charge >= 0.3 is 5.97 Å². The third-order valence-corrected chi connectivity index (χ3v) is 5.27. The quantitative estimate of drug-likeness (QED) is 0.377. The number of hydrazone groups is 1. The van der Waals surface area contributed by atoms with Crippen molar-refractivity contribution in [3.63, 3.8) is 0 Å². The largest absolute Gasteiger partial charge is 0.465 e. The molecule has 0 bridgehead atoms. The summed E-state index contributed by atoms with van der Waals surface area (Å²) in [4.78, 5) is 23.5. The summed E-state index contributed by atoms with van der Waals surface area (Å²) in [5, 5.41) is 3.83. The molecule has 0 spiro atoms. The fourth-order valence-electron chi connectivity index (χ4n) is 2.46. The Morgan fingerprint density at radius 2 is 1.76 bits per heavy atom. The van der Waals surface area contributed by atoms with E-state index in [4.69, 9.17) is 0 Å². The van der Waals surface area contributed by atoms with Gasteiger partial charge < -0.3 is 4.74 Å². The number of amides is 1. The molecular formula is C20H23N3O5S. The highest BCUT2D eigenvalue weighted by Crippen LogP contribution is 2.05. The first-order valence-corrected chi connectivity index (χ1v) is 10.6. The van der Waals surface area contributed by atoms with E-state index in [0.717, 1.165) is 16.1 Å². The first-order valence-electron chi connectivity index (χ1n) is 8.79. The lowest BCUT2D eigenvalue weighted by Gasteiger charge is -2.18. The maximum Gasteiger partial charge on any atom is 0.337 e. The number of carbonyl (C=O) groups excluding carboxylic acids is 2. The zero-order chi connectivity index (χ0) is 21.3. The minimum Gasteiger partial charge on any atom is -0.465 e. The molecule has 0 saturated carbocycles. The molecule has 1 amide bonds. The minimum absolute atomic E-state index is 0.189. The Balaban J connectivity index is 1.90. The van der Waals surface area contributed by atoms with Gasteiger partial charge in [-0.15, -0.1) is 0 Å². The Morgan fingerprint density at radius 3 is 2.34 bits per heavy atom. The van der Waals surface area contributed by atoms with Crippen LogP contribution in [0, 0.1) is 0 Å². The molecule has 0 saturated heterocycles. The lowest BCUT2D eigenvalue weighted by molar-refractivity contribution is -0.121. The highest BCUT2D eigenvalue weighted by Gasteiger charge is 2.19. The van der Waals surface area contributed by atoms with Gasteiger partial charge in [0.05, 0.1) is 31.7 Å². The van der Waals surface area contributed by atoms with Crippen molar-refractivity contribution in [1.29, 1.82) is 0 Å². The van der Waals surface area contributed by atoms with E-state index in [1.165, 1.54) is 13.3 Å². The zero-order valence-electron chi connectivity index (χ0n) is 16.2. The van der Waals surface area contributed by atoms with Crippen molar-refractivity contribution in [2.45, 2.75) is 6.42 Å². The summed E-state index contributed by atoms with van der Waals surface area (Å²) >= 11 is 0. The summed E-state index contributed by atoms with van der Waals surface area (Å²) in [5.41, 5.74) is 4.35. The third-order valence-electron chi connectivity index (χ3n) is 4.02. The van der Waals surface area contributed by atoms with Crippen LogP contribution in [0.15, 0.2) is 59.7 Å². The van der Waals surface area contributed by atoms with E-state index in [0.29, 0.717) is 17.5 Å². The van der Waals surface area contributed by atoms with Gasteiger partial charge in [-0.2, -0.15) is 9.41 Å². The summed E-state index contributed by atoms with van der Waals surface area (Å²) in [6, 6.07) is 15.9. The summed E-state index contributed by atoms with van der Waals surface area (Å²) in [6.07, 6.45) is 2.96. The number of benzene rings is 2. The second-order valence-electron chi connectivity index (χ2n) is 6.24. The van der Waals surface area contributed by atoms with Crippen LogP contribution in [0.2, 0.25) is 0 Å². The zero-order valence-corrected chi connectivity index (χ0v) is 17.1. The first kappa shape index (κ1) is 22.3. The fraction of sp³-hybridized carbons (Fsp3) is 0.250. The fourth-order valence-corrected chi connectivity index (χ4v) is 3.23. The Morgan fingerprint density at radius 1 is 1.10 bits per heavy atom. The first-order chi connectivity index (χ1) is 13.8. The van der Waals surface area contributed by atoms with Crippen LogP contribution in [-0.2, 0) is 26.0 Å². The van der Waals surface area contributed by atoms with Crippen LogP contribution in [0.1, 0.15) is 21.5 Å². The number of hydrogen-bond donors (Lipinski definition) is 1. The molecule has 9 heteroatoms. The number of hydrogen-bond acceptors (Lipinski definition) is 6. The molecular weight excluding hydrogens is 394 g/mol. The molecule has 0 atom stereocenters. The maximum atomic E-state index is 12.1. The lowest BCUT2D eigenvalue weighted by Crippen LogP contribution is -2.40. The minimum atomic E-state index is -3.55. The van der Waals surface area contributed by atoms with Crippen molar-refractivity contribution >= 4 is 28.1 Å². The number of methoxy groups -OCH3 is 1. The Hall–Kier alpha value is -3.04. The van der Waals surface area contributed by atoms with E-state index >= 15 is 0 Å². The van der Waals surface area contributed by atoms with Gasteiger partial charge in [0.15, 0.2) is 0 Å². The number of ether oxygens (including phenoxy) is 1. The normalized spacial score (nSPS) is 11.6. The predicted octanol–water partition coefficient (Wildman–Crippen LogP) is 1.43. The van der Waals surface area contributed by atoms with Crippen LogP contribution in [0.25, 0.3) is 0 Å². The molecule has 0 fully saturated rings. The number of rotatable bonds is 9. The molecule has 0 unspecified atom stereocenters. The van der Waals surface area contributed by atoms with Crippen LogP contribution in [0.5, 0.6) is 0 Å². The number of nitrogens with zero attached hydrogens (tertiary/aromatic N) is 2. The van der Waals surface area contributed by atoms with Crippen molar-refractivity contribution in [3.05, 3.63) is 71.3 Å².